The lowest BCUT2D eigenvalue weighted by Gasteiger charge is -2.33. The van der Waals surface area contributed by atoms with Crippen LogP contribution in [0.2, 0.25) is 0 Å². The van der Waals surface area contributed by atoms with E-state index >= 15 is 4.79 Å². The Bertz CT molecular complexity index is 3020. The number of nitrogens with one attached hydrogen (secondary N) is 4. The Morgan fingerprint density at radius 2 is 0.697 bits per heavy atom. The molecule has 702 valence electrons. The van der Waals surface area contributed by atoms with E-state index in [0.29, 0.717) is 235 Å². The topological polar surface area (TPSA) is 342 Å². The zero-order chi connectivity index (χ0) is 86.9. The third-order valence-electron chi connectivity index (χ3n) is 24.0. The molecule has 34 heteroatoms. The van der Waals surface area contributed by atoms with Crippen molar-refractivity contribution >= 4 is 27.9 Å². The predicted octanol–water partition coefficient (Wildman–Crippen LogP) is 6.32. The van der Waals surface area contributed by atoms with Crippen LogP contribution in [-0.4, -0.2) is 357 Å². The number of esters is 2. The van der Waals surface area contributed by atoms with E-state index in [0.717, 1.165) is 12.8 Å². The summed E-state index contributed by atoms with van der Waals surface area (Å²) in [6.45, 7) is 23.8. The maximum Gasteiger partial charge on any atom is 0.311 e. The molecule has 2 aromatic carbocycles. The summed E-state index contributed by atoms with van der Waals surface area (Å²) in [5, 5.41) is 29.1. The van der Waals surface area contributed by atoms with Crippen molar-refractivity contribution in [1.29, 1.82) is 0 Å². The molecule has 0 aromatic heterocycles. The van der Waals surface area contributed by atoms with Gasteiger partial charge in [-0.05, 0) is 103 Å². The molecule has 5 N–H and O–H groups in total. The summed E-state index contributed by atoms with van der Waals surface area (Å²) in [6, 6.07) is 7.08. The number of aliphatic hydroxyl groups is 1. The number of ether oxygens (including phenoxy) is 26. The van der Waals surface area contributed by atoms with E-state index in [1.54, 1.807) is 54.8 Å². The van der Waals surface area contributed by atoms with Crippen LogP contribution in [0, 0.1) is 53.3 Å². The Kier molecular flexibility index (Phi) is 51.2. The molecule has 6 aliphatic rings. The first kappa shape index (κ1) is 103. The summed E-state index contributed by atoms with van der Waals surface area (Å²) in [5.74, 6) is 1.69. The van der Waals surface area contributed by atoms with E-state index in [9.17, 15) is 9.90 Å². The molecule has 6 fully saturated rings. The smallest absolute Gasteiger partial charge is 0.311 e. The largest absolute Gasteiger partial charge is 0.487 e. The van der Waals surface area contributed by atoms with Crippen molar-refractivity contribution in [3.05, 3.63) is 35.4 Å². The van der Waals surface area contributed by atoms with Gasteiger partial charge in [0.1, 0.15) is 52.9 Å². The molecule has 1 saturated carbocycles. The first-order valence-electron chi connectivity index (χ1n) is 44.4. The normalized spacial score (nSPS) is 26.6. The fraction of sp³-hybridized carbons (Fsp3) is 0.841. The second-order valence-electron chi connectivity index (χ2n) is 31.9. The van der Waals surface area contributed by atoms with Crippen LogP contribution in [0.3, 0.4) is 0 Å². The van der Waals surface area contributed by atoms with Gasteiger partial charge in [-0.25, -0.2) is 0 Å². The number of carbonyl (C=O) groups is 2. The van der Waals surface area contributed by atoms with E-state index in [1.165, 1.54) is 0 Å². The van der Waals surface area contributed by atoms with Gasteiger partial charge >= 0.3 is 11.9 Å². The average Bonchev–Trinajstić information content (AvgIpc) is 1.58. The lowest BCUT2D eigenvalue weighted by molar-refractivity contribution is -0.151. The fourth-order valence-corrected chi connectivity index (χ4v) is 19.1. The molecular weight excluding hydrogens is 1660 g/mol. The van der Waals surface area contributed by atoms with Crippen LogP contribution in [-0.2, 0) is 118 Å². The molecule has 8 rings (SSSR count). The van der Waals surface area contributed by atoms with Gasteiger partial charge in [0.2, 0.25) is 11.5 Å². The standard InChI is InChI=1S/C88H149BrN4O29/c1-12-66-60(2)69-57-72-79(88(96)122-59-65-53-76(117-47-41-111-35-29-105-23-17-99-8)87(120-50-44-114-38-32-108-26-20-102-11)77(54-65)118-48-42-112-36-30-106-24-18-100-9)63(5)83(92-72)81(89)82-61(3)67(84(93-82)68-55-73(94)80-62(4)70(91-85(68)80)56-71(66)90-69)13-14-78(95)121-58-64-51-74(115-45-39-109-33-27-103-21-15-97-6)86(119-49-43-113-37-31-107-25-19-101-10)75(52-64)116-46-40-110-34-28-104-22-16-98-7/h51-54,60-63,66-73,79-85,90-94H,12-50,55-59H2,1-11H3/t60?,61-,62?,63?,66?,67-,68?,69?,70?,71?,72?,73?,79?,80?,81?,82?,83?,84?,85?/m0/s1. The fourth-order valence-electron chi connectivity index (χ4n) is 17.9. The number of aliphatic hydroxyl groups excluding tert-OH is 1. The first-order chi connectivity index (χ1) is 59.7. The summed E-state index contributed by atoms with van der Waals surface area (Å²) >= 11 is 4.39. The highest BCUT2D eigenvalue weighted by molar-refractivity contribution is 9.09. The zero-order valence-electron chi connectivity index (χ0n) is 74.6. The second-order valence-corrected chi connectivity index (χ2v) is 33.0. The molecule has 1 aliphatic carbocycles. The minimum Gasteiger partial charge on any atom is -0.487 e. The number of hydrogen-bond acceptors (Lipinski definition) is 33. The molecule has 0 spiro atoms. The molecule has 2 aromatic rings. The van der Waals surface area contributed by atoms with Gasteiger partial charge in [-0.1, -0.05) is 57.0 Å². The van der Waals surface area contributed by atoms with E-state index < -0.39 is 12.0 Å². The summed E-state index contributed by atoms with van der Waals surface area (Å²) in [5.41, 5.74) is 1.23. The van der Waals surface area contributed by atoms with Crippen LogP contribution >= 0.6 is 15.9 Å². The molecule has 0 radical (unpaired) electrons. The van der Waals surface area contributed by atoms with Crippen molar-refractivity contribution in [2.75, 3.05) is 281 Å². The molecule has 5 saturated heterocycles. The number of halogens is 1. The first-order valence-corrected chi connectivity index (χ1v) is 45.3. The minimum atomic E-state index is -0.556. The molecule has 5 heterocycles. The maximum atomic E-state index is 15.6. The molecule has 17 unspecified atom stereocenters. The summed E-state index contributed by atoms with van der Waals surface area (Å²) in [7, 11) is 9.77. The van der Waals surface area contributed by atoms with Gasteiger partial charge in [0.25, 0.3) is 0 Å². The van der Waals surface area contributed by atoms with Gasteiger partial charge in [-0.3, -0.25) is 9.59 Å². The third-order valence-corrected chi connectivity index (χ3v) is 25.2. The van der Waals surface area contributed by atoms with Crippen molar-refractivity contribution in [3.63, 3.8) is 0 Å². The van der Waals surface area contributed by atoms with Crippen molar-refractivity contribution in [2.24, 2.45) is 53.3 Å². The summed E-state index contributed by atoms with van der Waals surface area (Å²) in [4.78, 5) is 30.0. The number of fused-ring (bicyclic) bond motifs is 8. The quantitative estimate of drug-likeness (QED) is 0.0275. The number of rotatable bonds is 69. The zero-order valence-corrected chi connectivity index (χ0v) is 76.2. The minimum absolute atomic E-state index is 0.0162. The Hall–Kier alpha value is -4.26. The van der Waals surface area contributed by atoms with E-state index in [-0.39, 0.29) is 200 Å². The molecule has 8 bridgehead atoms. The molecular formula is C88H149BrN4O29. The maximum absolute atomic E-state index is 15.6. The van der Waals surface area contributed by atoms with E-state index in [2.05, 4.69) is 71.8 Å². The number of hydrogen-bond donors (Lipinski definition) is 5. The summed E-state index contributed by atoms with van der Waals surface area (Å²) < 4.78 is 151. The Balaban J connectivity index is 1.03. The summed E-state index contributed by atoms with van der Waals surface area (Å²) in [6.07, 6.45) is 3.35. The highest BCUT2D eigenvalue weighted by atomic mass is 79.9. The van der Waals surface area contributed by atoms with Gasteiger partial charge in [0.05, 0.1) is 210 Å². The molecule has 19 atom stereocenters. The molecule has 122 heavy (non-hydrogen) atoms. The van der Waals surface area contributed by atoms with Crippen LogP contribution < -0.4 is 49.7 Å². The van der Waals surface area contributed by atoms with Gasteiger partial charge in [0, 0.05) is 108 Å². The van der Waals surface area contributed by atoms with Gasteiger partial charge < -0.3 is 150 Å². The van der Waals surface area contributed by atoms with Crippen molar-refractivity contribution < 1.29 is 138 Å². The van der Waals surface area contributed by atoms with Crippen LogP contribution in [0.1, 0.15) is 84.3 Å². The average molecular weight is 1810 g/mol. The SMILES string of the molecule is CCC1C2CC3NC4C(CC(O)C4C3C)C3NC(C(Br)C4NC(CC(N2)C1C)C(C(=O)OCc1cc(OCCOCCOCCOC)c(OCCOCCOCCOC)c(OCCOCCOCCOC)c1)C4C)[C@@H](C)[C@@H]3CCC(=O)OCc1cc(OCCOCCOCCOC)c(OCCOCCOCCOC)c(OCCOCCOCCOC)c1. The number of carbonyl (C=O) groups excluding carboxylic acids is 2. The Morgan fingerprint density at radius 1 is 0.361 bits per heavy atom. The highest BCUT2D eigenvalue weighted by Gasteiger charge is 2.60. The van der Waals surface area contributed by atoms with E-state index in [1.807, 2.05) is 12.1 Å². The van der Waals surface area contributed by atoms with Crippen molar-refractivity contribution in [3.8, 4) is 34.5 Å². The molecule has 33 nitrogen and oxygen atoms in total. The van der Waals surface area contributed by atoms with Crippen LogP contribution in [0.25, 0.3) is 0 Å². The van der Waals surface area contributed by atoms with Crippen molar-refractivity contribution in [1.82, 2.24) is 21.3 Å². The van der Waals surface area contributed by atoms with Crippen molar-refractivity contribution in [2.45, 2.75) is 146 Å². The third kappa shape index (κ3) is 34.3. The lowest BCUT2D eigenvalue weighted by atomic mass is 9.76. The Morgan fingerprint density at radius 3 is 1.08 bits per heavy atom. The van der Waals surface area contributed by atoms with Crippen LogP contribution in [0.4, 0.5) is 0 Å². The van der Waals surface area contributed by atoms with Gasteiger partial charge in [-0.15, -0.1) is 0 Å². The van der Waals surface area contributed by atoms with E-state index in [4.69, 9.17) is 123 Å². The van der Waals surface area contributed by atoms with Crippen LogP contribution in [0.5, 0.6) is 34.5 Å². The van der Waals surface area contributed by atoms with Gasteiger partial charge in [0.15, 0.2) is 23.0 Å². The van der Waals surface area contributed by atoms with Gasteiger partial charge in [-0.2, -0.15) is 0 Å². The Labute approximate surface area is 732 Å². The molecule has 0 amide bonds. The molecule has 5 aliphatic heterocycles. The predicted molar refractivity (Wildman–Crippen MR) is 456 cm³/mol. The monoisotopic (exact) mass is 1800 g/mol. The lowest BCUT2D eigenvalue weighted by Crippen LogP contribution is -2.52. The highest BCUT2D eigenvalue weighted by Crippen LogP contribution is 2.52. The second kappa shape index (κ2) is 60.5. The van der Waals surface area contributed by atoms with Crippen LogP contribution in [0.15, 0.2) is 24.3 Å². The number of benzene rings is 2. The number of methoxy groups -OCH3 is 6. The number of alkyl halides is 1.